The number of Topliss-reactive ketones (excluding diaryl/α,β-unsaturated/α-hetero) is 1. The SMILES string of the molecule is CC(=O)c1c(-c2ccc(C(=O)Nc3cc(F)ccn3)cc2)nc([C@@H]2CCCCN2C(=O)OC(C)(C)C)n1N.CC(C)(C)OC(=O)N1CCCC[C@H]1c1nc(-c2ccc(C(=O)Nc3cc(F)ccn3)cc2)c(C(=O)O)n1N.[Li+].[OH-]. The average molecular weight is 1070 g/mol. The van der Waals surface area contributed by atoms with Gasteiger partial charge in [0.1, 0.15) is 51.6 Å². The molecule has 22 nitrogen and oxygen atoms in total. The van der Waals surface area contributed by atoms with Crippen molar-refractivity contribution in [2.75, 3.05) is 35.4 Å². The number of piperidine rings is 2. The van der Waals surface area contributed by atoms with Crippen molar-refractivity contribution < 1.29 is 76.5 Å². The van der Waals surface area contributed by atoms with E-state index in [9.17, 15) is 42.7 Å². The molecule has 2 atom stereocenters. The second kappa shape index (κ2) is 25.3. The van der Waals surface area contributed by atoms with Crippen LogP contribution in [0.15, 0.2) is 85.2 Å². The van der Waals surface area contributed by atoms with Gasteiger partial charge in [-0.15, -0.1) is 0 Å². The molecule has 4 amide bonds. The van der Waals surface area contributed by atoms with Gasteiger partial charge in [0.25, 0.3) is 11.8 Å². The summed E-state index contributed by atoms with van der Waals surface area (Å²) in [6.07, 6.45) is 5.94. The Labute approximate surface area is 460 Å². The number of carboxylic acid groups (broad SMARTS) is 1. The van der Waals surface area contributed by atoms with Crippen LogP contribution in [0.4, 0.5) is 30.0 Å². The predicted octanol–water partition coefficient (Wildman–Crippen LogP) is 5.75. The van der Waals surface area contributed by atoms with E-state index in [2.05, 4.69) is 25.6 Å². The van der Waals surface area contributed by atoms with Crippen LogP contribution in [-0.4, -0.2) is 110 Å². The molecule has 2 fully saturated rings. The van der Waals surface area contributed by atoms with Crippen molar-refractivity contribution in [2.45, 2.75) is 110 Å². The van der Waals surface area contributed by atoms with Gasteiger partial charge in [-0.05, 0) is 116 Å². The van der Waals surface area contributed by atoms with E-state index >= 15 is 0 Å². The molecule has 0 radical (unpaired) electrons. The van der Waals surface area contributed by atoms with Crippen LogP contribution in [-0.2, 0) is 9.47 Å². The van der Waals surface area contributed by atoms with Gasteiger partial charge in [0.05, 0.1) is 12.1 Å². The number of aromatic carboxylic acids is 1. The van der Waals surface area contributed by atoms with E-state index in [0.717, 1.165) is 48.6 Å². The smallest absolute Gasteiger partial charge is 0.870 e. The number of carboxylic acids is 1. The van der Waals surface area contributed by atoms with Crippen molar-refractivity contribution in [1.82, 2.24) is 39.1 Å². The van der Waals surface area contributed by atoms with Crippen molar-refractivity contribution in [2.24, 2.45) is 0 Å². The summed E-state index contributed by atoms with van der Waals surface area (Å²) in [5.41, 5.74) is 0.554. The molecule has 0 bridgehead atoms. The standard InChI is InChI=1S/C27H31FN6O4.C26H29FN6O5.Li.H2O/c1-16(35)23-22(17-8-10-18(11-9-17)25(36)31-21-15-19(28)12-13-30-21)32-24(34(23)29)20-7-5-6-14-33(20)26(37)38-27(2,3)4;1-26(2,3)38-25(37)32-13-5-4-6-18(32)22-31-20(21(24(35)36)33(22)28)15-7-9-16(10-8-15)23(34)30-19-14-17(27)11-12-29-19;;/h8-13,15,20H,5-7,14,29H2,1-4H3,(H,30,31,36);7-12,14,18H,4-6,13,28H2,1-3H3,(H,35,36)(H,29,30,34);;1H2/q;;+1;/p-1/t20-;18-;;/m00../s1. The first-order chi connectivity index (χ1) is 35.9. The van der Waals surface area contributed by atoms with E-state index < -0.39 is 64.9 Å². The molecule has 6 heterocycles. The number of nitrogen functional groups attached to an aromatic ring is 2. The van der Waals surface area contributed by atoms with Crippen LogP contribution in [0.3, 0.4) is 0 Å². The molecule has 2 aliphatic heterocycles. The van der Waals surface area contributed by atoms with Gasteiger partial charge < -0.3 is 42.4 Å². The van der Waals surface area contributed by atoms with Gasteiger partial charge in [-0.1, -0.05) is 24.3 Å². The van der Waals surface area contributed by atoms with Crippen molar-refractivity contribution in [3.05, 3.63) is 131 Å². The molecule has 0 aliphatic carbocycles. The minimum atomic E-state index is -1.29. The number of likely N-dealkylation sites (tertiary alicyclic amines) is 2. The predicted molar refractivity (Wildman–Crippen MR) is 278 cm³/mol. The number of benzene rings is 2. The van der Waals surface area contributed by atoms with Crippen molar-refractivity contribution in [1.29, 1.82) is 0 Å². The van der Waals surface area contributed by atoms with Gasteiger partial charge >= 0.3 is 37.0 Å². The summed E-state index contributed by atoms with van der Waals surface area (Å²) >= 11 is 0. The van der Waals surface area contributed by atoms with Crippen LogP contribution in [0.1, 0.15) is 152 Å². The van der Waals surface area contributed by atoms with E-state index in [1.807, 2.05) is 0 Å². The maximum absolute atomic E-state index is 13.4. The molecule has 4 aromatic heterocycles. The zero-order valence-electron chi connectivity index (χ0n) is 44.5. The number of rotatable bonds is 10. The van der Waals surface area contributed by atoms with E-state index in [1.54, 1.807) is 82.8 Å². The molecule has 8 rings (SSSR count). The van der Waals surface area contributed by atoms with Gasteiger partial charge in [0.2, 0.25) is 0 Å². The third-order valence-electron chi connectivity index (χ3n) is 12.0. The number of ketones is 1. The molecule has 2 aromatic carbocycles. The fourth-order valence-electron chi connectivity index (χ4n) is 8.67. The monoisotopic (exact) mass is 1070 g/mol. The zero-order valence-corrected chi connectivity index (χ0v) is 44.5. The Morgan fingerprint density at radius 2 is 0.987 bits per heavy atom. The number of imidazole rings is 2. The van der Waals surface area contributed by atoms with Gasteiger partial charge in [-0.25, -0.2) is 52.5 Å². The first-order valence-corrected chi connectivity index (χ1v) is 24.4. The number of anilines is 2. The van der Waals surface area contributed by atoms with Crippen LogP contribution < -0.4 is 41.2 Å². The second-order valence-corrected chi connectivity index (χ2v) is 20.1. The van der Waals surface area contributed by atoms with Crippen LogP contribution in [0.5, 0.6) is 0 Å². The number of carbonyl (C=O) groups is 6. The third-order valence-corrected chi connectivity index (χ3v) is 12.0. The number of amides is 4. The molecule has 0 unspecified atom stereocenters. The molecule has 6 aromatic rings. The molecule has 2 saturated heterocycles. The van der Waals surface area contributed by atoms with Crippen LogP contribution >= 0.6 is 0 Å². The number of aromatic nitrogens is 6. The van der Waals surface area contributed by atoms with Crippen LogP contribution in [0.25, 0.3) is 22.5 Å². The minimum absolute atomic E-state index is 0. The number of nitrogens with zero attached hydrogens (tertiary/aromatic N) is 8. The summed E-state index contributed by atoms with van der Waals surface area (Å²) in [5.74, 6) is 9.75. The summed E-state index contributed by atoms with van der Waals surface area (Å²) in [4.78, 5) is 96.0. The summed E-state index contributed by atoms with van der Waals surface area (Å²) in [5, 5.41) is 15.0. The Hall–Kier alpha value is -8.20. The fraction of sp³-hybridized carbons (Fsp3) is 0.358. The first kappa shape index (κ1) is 60.7. The first-order valence-electron chi connectivity index (χ1n) is 24.4. The van der Waals surface area contributed by atoms with E-state index in [0.29, 0.717) is 54.1 Å². The maximum Gasteiger partial charge on any atom is 1.00 e. The number of ether oxygens (including phenoxy) is 2. The number of pyridine rings is 2. The molecule has 8 N–H and O–H groups in total. The molecule has 0 spiro atoms. The number of carbonyl (C=O) groups excluding carboxylic acids is 5. The van der Waals surface area contributed by atoms with Gasteiger partial charge in [-0.3, -0.25) is 24.2 Å². The number of halogens is 2. The second-order valence-electron chi connectivity index (χ2n) is 20.1. The molecular formula is C53H61F2LiN12O10. The quantitative estimate of drug-likeness (QED) is 0.0619. The largest absolute Gasteiger partial charge is 1.00 e. The summed E-state index contributed by atoms with van der Waals surface area (Å²) in [6, 6.07) is 16.0. The van der Waals surface area contributed by atoms with E-state index in [-0.39, 0.29) is 70.2 Å². The van der Waals surface area contributed by atoms with Crippen LogP contribution in [0.2, 0.25) is 0 Å². The molecule has 2 aliphatic rings. The average Bonchev–Trinajstić information content (AvgIpc) is 3.90. The minimum Gasteiger partial charge on any atom is -0.870 e. The number of nitrogens with one attached hydrogen (secondary N) is 2. The molecule has 408 valence electrons. The van der Waals surface area contributed by atoms with Gasteiger partial charge in [0, 0.05) is 66.8 Å². The van der Waals surface area contributed by atoms with Crippen molar-refractivity contribution >= 4 is 47.4 Å². The zero-order chi connectivity index (χ0) is 55.2. The Kier molecular flexibility index (Phi) is 19.7. The normalized spacial score (nSPS) is 15.3. The van der Waals surface area contributed by atoms with Gasteiger partial charge in [-0.2, -0.15) is 0 Å². The number of hydrogen-bond acceptors (Lipinski definition) is 15. The Morgan fingerprint density at radius 3 is 1.33 bits per heavy atom. The van der Waals surface area contributed by atoms with E-state index in [1.165, 1.54) is 47.1 Å². The number of hydrogen-bond donors (Lipinski definition) is 5. The summed E-state index contributed by atoms with van der Waals surface area (Å²) in [7, 11) is 0. The summed E-state index contributed by atoms with van der Waals surface area (Å²) < 4.78 is 40.2. The van der Waals surface area contributed by atoms with Gasteiger partial charge in [0.15, 0.2) is 23.1 Å². The van der Waals surface area contributed by atoms with Crippen molar-refractivity contribution in [3.63, 3.8) is 0 Å². The topological polar surface area (TPSA) is 315 Å². The summed E-state index contributed by atoms with van der Waals surface area (Å²) in [6.45, 7) is 13.0. The van der Waals surface area contributed by atoms with E-state index in [4.69, 9.17) is 26.1 Å². The third kappa shape index (κ3) is 14.6. The molecular weight excluding hydrogens is 1010 g/mol. The molecule has 0 saturated carbocycles. The Bertz CT molecular complexity index is 2950. The molecule has 25 heteroatoms. The number of nitrogens with two attached hydrogens (primary N) is 2. The Morgan fingerprint density at radius 1 is 0.615 bits per heavy atom. The van der Waals surface area contributed by atoms with Crippen molar-refractivity contribution in [3.8, 4) is 22.5 Å². The Balaban J connectivity index is 0.000000280. The molecule has 78 heavy (non-hydrogen) atoms. The fourth-order valence-corrected chi connectivity index (χ4v) is 8.67. The maximum atomic E-state index is 13.4. The van der Waals surface area contributed by atoms with Crippen LogP contribution in [0, 0.1) is 11.6 Å².